The van der Waals surface area contributed by atoms with Crippen molar-refractivity contribution < 1.29 is 4.74 Å². The SMILES string of the molecule is c1ccc(C2COC(c3cccc(C4=NCCC4)n3)=N2)cc1. The molecule has 0 radical (unpaired) electrons. The maximum Gasteiger partial charge on any atom is 0.236 e. The van der Waals surface area contributed by atoms with E-state index in [1.54, 1.807) is 0 Å². The van der Waals surface area contributed by atoms with Crippen LogP contribution in [-0.4, -0.2) is 29.7 Å². The molecular formula is C18H17N3O. The third-order valence-electron chi connectivity index (χ3n) is 3.97. The average molecular weight is 291 g/mol. The Labute approximate surface area is 129 Å². The zero-order valence-corrected chi connectivity index (χ0v) is 12.3. The van der Waals surface area contributed by atoms with Crippen molar-refractivity contribution in [1.82, 2.24) is 4.98 Å². The summed E-state index contributed by atoms with van der Waals surface area (Å²) in [5, 5.41) is 0. The predicted octanol–water partition coefficient (Wildman–Crippen LogP) is 3.18. The second-order valence-corrected chi connectivity index (χ2v) is 5.51. The third-order valence-corrected chi connectivity index (χ3v) is 3.97. The topological polar surface area (TPSA) is 46.8 Å². The van der Waals surface area contributed by atoms with Gasteiger partial charge in [-0.3, -0.25) is 4.99 Å². The van der Waals surface area contributed by atoms with Crippen LogP contribution in [0.2, 0.25) is 0 Å². The normalized spacial score (nSPS) is 20.5. The number of rotatable bonds is 3. The maximum absolute atomic E-state index is 5.77. The lowest BCUT2D eigenvalue weighted by molar-refractivity contribution is 0.319. The molecule has 0 fully saturated rings. The molecule has 2 aromatic rings. The summed E-state index contributed by atoms with van der Waals surface area (Å²) in [4.78, 5) is 13.9. The molecule has 22 heavy (non-hydrogen) atoms. The van der Waals surface area contributed by atoms with Crippen LogP contribution in [0.4, 0.5) is 0 Å². The van der Waals surface area contributed by atoms with E-state index in [0.29, 0.717) is 12.5 Å². The molecule has 0 N–H and O–H groups in total. The van der Waals surface area contributed by atoms with Crippen molar-refractivity contribution in [2.75, 3.05) is 13.2 Å². The second kappa shape index (κ2) is 5.72. The van der Waals surface area contributed by atoms with E-state index in [9.17, 15) is 0 Å². The minimum atomic E-state index is 0.0606. The lowest BCUT2D eigenvalue weighted by atomic mass is 10.1. The number of aromatic nitrogens is 1. The van der Waals surface area contributed by atoms with Gasteiger partial charge >= 0.3 is 0 Å². The lowest BCUT2D eigenvalue weighted by Crippen LogP contribution is -2.08. The van der Waals surface area contributed by atoms with Crippen LogP contribution in [0.15, 0.2) is 58.5 Å². The Bertz CT molecular complexity index is 737. The molecule has 4 nitrogen and oxygen atoms in total. The number of aliphatic imine (C=N–C) groups is 2. The molecule has 2 aliphatic rings. The summed E-state index contributed by atoms with van der Waals surface area (Å²) in [5.41, 5.74) is 4.02. The largest absolute Gasteiger partial charge is 0.474 e. The molecule has 1 atom stereocenters. The molecule has 0 bridgehead atoms. The van der Waals surface area contributed by atoms with Gasteiger partial charge in [-0.1, -0.05) is 36.4 Å². The number of benzene rings is 1. The smallest absolute Gasteiger partial charge is 0.236 e. The van der Waals surface area contributed by atoms with Crippen LogP contribution in [0.25, 0.3) is 0 Å². The summed E-state index contributed by atoms with van der Waals surface area (Å²) < 4.78 is 5.77. The van der Waals surface area contributed by atoms with Crippen molar-refractivity contribution in [3.8, 4) is 0 Å². The first-order valence-corrected chi connectivity index (χ1v) is 7.67. The van der Waals surface area contributed by atoms with E-state index >= 15 is 0 Å². The van der Waals surface area contributed by atoms with E-state index in [2.05, 4.69) is 27.1 Å². The highest BCUT2D eigenvalue weighted by Gasteiger charge is 2.23. The van der Waals surface area contributed by atoms with Gasteiger partial charge in [-0.2, -0.15) is 0 Å². The molecule has 1 aromatic heterocycles. The van der Waals surface area contributed by atoms with Crippen LogP contribution in [0.1, 0.15) is 35.8 Å². The molecule has 4 rings (SSSR count). The fraction of sp³-hybridized carbons (Fsp3) is 0.278. The minimum absolute atomic E-state index is 0.0606. The van der Waals surface area contributed by atoms with Gasteiger partial charge in [0.05, 0.1) is 11.4 Å². The minimum Gasteiger partial charge on any atom is -0.474 e. The van der Waals surface area contributed by atoms with E-state index in [1.165, 1.54) is 5.56 Å². The van der Waals surface area contributed by atoms with Crippen LogP contribution in [-0.2, 0) is 4.74 Å². The standard InChI is InChI=1S/C18H17N3O/c1-2-6-13(7-3-1)17-12-22-18(21-17)16-9-4-8-15(20-16)14-10-5-11-19-14/h1-4,6-9,17H,5,10-12H2. The van der Waals surface area contributed by atoms with Gasteiger partial charge in [0.25, 0.3) is 0 Å². The first-order valence-electron chi connectivity index (χ1n) is 7.67. The van der Waals surface area contributed by atoms with Crippen molar-refractivity contribution in [3.63, 3.8) is 0 Å². The number of hydrogen-bond acceptors (Lipinski definition) is 4. The van der Waals surface area contributed by atoms with Crippen LogP contribution < -0.4 is 0 Å². The quantitative estimate of drug-likeness (QED) is 0.872. The first kappa shape index (κ1) is 13.2. The Hall–Kier alpha value is -2.49. The molecule has 0 spiro atoms. The summed E-state index contributed by atoms with van der Waals surface area (Å²) in [7, 11) is 0. The average Bonchev–Trinajstić information content (AvgIpc) is 3.28. The Morgan fingerprint density at radius 1 is 0.955 bits per heavy atom. The lowest BCUT2D eigenvalue weighted by Gasteiger charge is -2.04. The van der Waals surface area contributed by atoms with Crippen LogP contribution in [0.3, 0.4) is 0 Å². The van der Waals surface area contributed by atoms with Crippen molar-refractivity contribution in [2.24, 2.45) is 9.98 Å². The van der Waals surface area contributed by atoms with Crippen molar-refractivity contribution in [1.29, 1.82) is 0 Å². The molecule has 0 aliphatic carbocycles. The third kappa shape index (κ3) is 2.52. The van der Waals surface area contributed by atoms with Crippen molar-refractivity contribution in [3.05, 3.63) is 65.5 Å². The molecule has 2 aliphatic heterocycles. The summed E-state index contributed by atoms with van der Waals surface area (Å²) in [6.07, 6.45) is 2.13. The van der Waals surface area contributed by atoms with Gasteiger partial charge in [0.15, 0.2) is 0 Å². The number of hydrogen-bond donors (Lipinski definition) is 0. The fourth-order valence-electron chi connectivity index (χ4n) is 2.82. The van der Waals surface area contributed by atoms with E-state index in [0.717, 1.165) is 36.5 Å². The van der Waals surface area contributed by atoms with Gasteiger partial charge in [0.2, 0.25) is 5.90 Å². The molecule has 110 valence electrons. The van der Waals surface area contributed by atoms with Crippen molar-refractivity contribution in [2.45, 2.75) is 18.9 Å². The molecular weight excluding hydrogens is 274 g/mol. The molecule has 0 saturated heterocycles. The van der Waals surface area contributed by atoms with E-state index in [-0.39, 0.29) is 6.04 Å². The van der Waals surface area contributed by atoms with E-state index < -0.39 is 0 Å². The highest BCUT2D eigenvalue weighted by molar-refractivity contribution is 6.01. The monoisotopic (exact) mass is 291 g/mol. The maximum atomic E-state index is 5.77. The van der Waals surface area contributed by atoms with Gasteiger partial charge in [-0.15, -0.1) is 0 Å². The van der Waals surface area contributed by atoms with E-state index in [1.807, 2.05) is 36.4 Å². The zero-order valence-electron chi connectivity index (χ0n) is 12.3. The summed E-state index contributed by atoms with van der Waals surface area (Å²) in [6, 6.07) is 16.3. The molecule has 0 amide bonds. The Morgan fingerprint density at radius 3 is 2.64 bits per heavy atom. The first-order chi connectivity index (χ1) is 10.9. The summed E-state index contributed by atoms with van der Waals surface area (Å²) >= 11 is 0. The fourth-order valence-corrected chi connectivity index (χ4v) is 2.82. The van der Waals surface area contributed by atoms with Gasteiger partial charge in [-0.05, 0) is 30.5 Å². The summed E-state index contributed by atoms with van der Waals surface area (Å²) in [5.74, 6) is 0.634. The van der Waals surface area contributed by atoms with Crippen LogP contribution in [0, 0.1) is 0 Å². The number of pyridine rings is 1. The number of ether oxygens (including phenoxy) is 1. The second-order valence-electron chi connectivity index (χ2n) is 5.51. The molecule has 3 heterocycles. The van der Waals surface area contributed by atoms with Crippen LogP contribution in [0.5, 0.6) is 0 Å². The van der Waals surface area contributed by atoms with Gasteiger partial charge in [-0.25, -0.2) is 9.98 Å². The van der Waals surface area contributed by atoms with Crippen molar-refractivity contribution >= 4 is 11.6 Å². The molecule has 1 aromatic carbocycles. The van der Waals surface area contributed by atoms with Gasteiger partial charge < -0.3 is 4.74 Å². The Balaban J connectivity index is 1.61. The highest BCUT2D eigenvalue weighted by atomic mass is 16.5. The predicted molar refractivity (Wildman–Crippen MR) is 86.5 cm³/mol. The molecule has 1 unspecified atom stereocenters. The molecule has 4 heteroatoms. The Morgan fingerprint density at radius 2 is 1.82 bits per heavy atom. The van der Waals surface area contributed by atoms with E-state index in [4.69, 9.17) is 4.74 Å². The number of nitrogens with zero attached hydrogens (tertiary/aromatic N) is 3. The summed E-state index contributed by atoms with van der Waals surface area (Å²) in [6.45, 7) is 1.49. The van der Waals surface area contributed by atoms with Gasteiger partial charge in [0.1, 0.15) is 18.3 Å². The zero-order chi connectivity index (χ0) is 14.8. The van der Waals surface area contributed by atoms with Crippen LogP contribution >= 0.6 is 0 Å². The molecule has 0 saturated carbocycles. The highest BCUT2D eigenvalue weighted by Crippen LogP contribution is 2.24. The van der Waals surface area contributed by atoms with Gasteiger partial charge in [0, 0.05) is 6.54 Å². The Kier molecular flexibility index (Phi) is 3.43.